The molecule has 2 N–H and O–H groups in total. The van der Waals surface area contributed by atoms with Crippen molar-refractivity contribution in [2.45, 2.75) is 25.4 Å². The summed E-state index contributed by atoms with van der Waals surface area (Å²) in [5, 5.41) is 11.2. The van der Waals surface area contributed by atoms with Crippen molar-refractivity contribution in [2.24, 2.45) is 0 Å². The first kappa shape index (κ1) is 17.2. The Morgan fingerprint density at radius 3 is 2.57 bits per heavy atom. The molecular formula is C11H18N2O7S. The van der Waals surface area contributed by atoms with Gasteiger partial charge in [0.2, 0.25) is 0 Å². The number of hydrogen-bond donors (Lipinski definition) is 2. The Morgan fingerprint density at radius 2 is 2.05 bits per heavy atom. The molecule has 1 fully saturated rings. The SMILES string of the molecule is COC(=O)C(C)NC(=O)N1CCS(=O)(=O)CC1CC(=O)O. The van der Waals surface area contributed by atoms with Crippen LogP contribution in [0.5, 0.6) is 0 Å². The molecule has 2 atom stereocenters. The van der Waals surface area contributed by atoms with Gasteiger partial charge in [-0.25, -0.2) is 18.0 Å². The average Bonchev–Trinajstić information content (AvgIpc) is 2.35. The van der Waals surface area contributed by atoms with Crippen LogP contribution in [0.25, 0.3) is 0 Å². The van der Waals surface area contributed by atoms with Crippen LogP contribution in [0.2, 0.25) is 0 Å². The minimum atomic E-state index is -3.37. The lowest BCUT2D eigenvalue weighted by Crippen LogP contribution is -2.57. The monoisotopic (exact) mass is 322 g/mol. The first-order chi connectivity index (χ1) is 9.66. The van der Waals surface area contributed by atoms with E-state index in [9.17, 15) is 22.8 Å². The molecule has 0 spiro atoms. The Balaban J connectivity index is 2.80. The van der Waals surface area contributed by atoms with Gasteiger partial charge in [-0.3, -0.25) is 4.79 Å². The molecule has 0 aliphatic carbocycles. The third kappa shape index (κ3) is 4.88. The van der Waals surface area contributed by atoms with Crippen LogP contribution in [0.1, 0.15) is 13.3 Å². The number of sulfone groups is 1. The molecule has 2 amide bonds. The number of carboxylic acids is 1. The zero-order valence-electron chi connectivity index (χ0n) is 11.7. The summed E-state index contributed by atoms with van der Waals surface area (Å²) < 4.78 is 27.6. The highest BCUT2D eigenvalue weighted by Crippen LogP contribution is 2.15. The van der Waals surface area contributed by atoms with E-state index in [0.29, 0.717) is 0 Å². The largest absolute Gasteiger partial charge is 0.481 e. The van der Waals surface area contributed by atoms with Gasteiger partial charge in [0.25, 0.3) is 0 Å². The lowest BCUT2D eigenvalue weighted by molar-refractivity contribution is -0.142. The summed E-state index contributed by atoms with van der Waals surface area (Å²) in [5.41, 5.74) is 0. The summed E-state index contributed by atoms with van der Waals surface area (Å²) in [6.07, 6.45) is -0.473. The van der Waals surface area contributed by atoms with Crippen molar-refractivity contribution < 1.29 is 32.6 Å². The van der Waals surface area contributed by atoms with E-state index in [2.05, 4.69) is 10.1 Å². The number of nitrogens with zero attached hydrogens (tertiary/aromatic N) is 1. The molecule has 10 heteroatoms. The van der Waals surface area contributed by atoms with Gasteiger partial charge in [-0.15, -0.1) is 0 Å². The highest BCUT2D eigenvalue weighted by atomic mass is 32.2. The molecule has 1 rings (SSSR count). The third-order valence-corrected chi connectivity index (χ3v) is 4.79. The van der Waals surface area contributed by atoms with Crippen molar-refractivity contribution in [3.05, 3.63) is 0 Å². The number of carboxylic acid groups (broad SMARTS) is 1. The molecule has 0 aromatic carbocycles. The molecule has 1 heterocycles. The molecule has 1 aliphatic heterocycles. The number of aliphatic carboxylic acids is 1. The zero-order valence-corrected chi connectivity index (χ0v) is 12.6. The molecular weight excluding hydrogens is 304 g/mol. The summed E-state index contributed by atoms with van der Waals surface area (Å²) >= 11 is 0. The fraction of sp³-hybridized carbons (Fsp3) is 0.727. The summed E-state index contributed by atoms with van der Waals surface area (Å²) in [6.45, 7) is 1.30. The van der Waals surface area contributed by atoms with Gasteiger partial charge >= 0.3 is 18.0 Å². The normalized spacial score (nSPS) is 22.2. The van der Waals surface area contributed by atoms with Crippen LogP contribution < -0.4 is 5.32 Å². The second kappa shape index (κ2) is 6.74. The van der Waals surface area contributed by atoms with Gasteiger partial charge in [-0.1, -0.05) is 0 Å². The molecule has 9 nitrogen and oxygen atoms in total. The molecule has 21 heavy (non-hydrogen) atoms. The van der Waals surface area contributed by atoms with E-state index in [-0.39, 0.29) is 12.3 Å². The molecule has 1 aliphatic rings. The smallest absolute Gasteiger partial charge is 0.328 e. The lowest BCUT2D eigenvalue weighted by atomic mass is 10.2. The number of carbonyl (C=O) groups is 3. The van der Waals surface area contributed by atoms with Gasteiger partial charge in [0, 0.05) is 6.54 Å². The fourth-order valence-electron chi connectivity index (χ4n) is 2.03. The third-order valence-electron chi connectivity index (χ3n) is 3.10. The number of carbonyl (C=O) groups excluding carboxylic acids is 2. The number of amides is 2. The molecule has 0 aromatic rings. The number of esters is 1. The molecule has 2 unspecified atom stereocenters. The average molecular weight is 322 g/mol. The molecule has 0 bridgehead atoms. The van der Waals surface area contributed by atoms with E-state index < -0.39 is 52.1 Å². The maximum atomic E-state index is 12.1. The number of hydrogen-bond acceptors (Lipinski definition) is 6. The van der Waals surface area contributed by atoms with E-state index in [4.69, 9.17) is 5.11 Å². The van der Waals surface area contributed by atoms with E-state index in [1.54, 1.807) is 0 Å². The molecule has 120 valence electrons. The van der Waals surface area contributed by atoms with Gasteiger partial charge in [-0.2, -0.15) is 0 Å². The van der Waals surface area contributed by atoms with E-state index >= 15 is 0 Å². The lowest BCUT2D eigenvalue weighted by Gasteiger charge is -2.35. The molecule has 0 saturated carbocycles. The van der Waals surface area contributed by atoms with Crippen LogP contribution in [-0.2, 0) is 24.2 Å². The van der Waals surface area contributed by atoms with Gasteiger partial charge in [0.1, 0.15) is 6.04 Å². The van der Waals surface area contributed by atoms with Crippen molar-refractivity contribution in [3.63, 3.8) is 0 Å². The van der Waals surface area contributed by atoms with Crippen LogP contribution >= 0.6 is 0 Å². The maximum absolute atomic E-state index is 12.1. The molecule has 0 radical (unpaired) electrons. The van der Waals surface area contributed by atoms with Gasteiger partial charge in [0.05, 0.1) is 31.1 Å². The minimum Gasteiger partial charge on any atom is -0.481 e. The second-order valence-corrected chi connectivity index (χ2v) is 6.98. The van der Waals surface area contributed by atoms with Crippen molar-refractivity contribution >= 4 is 27.8 Å². The number of rotatable bonds is 4. The van der Waals surface area contributed by atoms with Crippen LogP contribution in [0.4, 0.5) is 4.79 Å². The predicted octanol–water partition coefficient (Wildman–Crippen LogP) is -1.17. The Labute approximate surface area is 122 Å². The Morgan fingerprint density at radius 1 is 1.43 bits per heavy atom. The van der Waals surface area contributed by atoms with Crippen LogP contribution in [0.15, 0.2) is 0 Å². The van der Waals surface area contributed by atoms with E-state index in [1.807, 2.05) is 0 Å². The van der Waals surface area contributed by atoms with Crippen molar-refractivity contribution in [2.75, 3.05) is 25.2 Å². The van der Waals surface area contributed by atoms with Crippen molar-refractivity contribution in [3.8, 4) is 0 Å². The van der Waals surface area contributed by atoms with Crippen LogP contribution in [0.3, 0.4) is 0 Å². The highest BCUT2D eigenvalue weighted by Gasteiger charge is 2.36. The number of methoxy groups -OCH3 is 1. The van der Waals surface area contributed by atoms with Crippen molar-refractivity contribution in [1.82, 2.24) is 10.2 Å². The minimum absolute atomic E-state index is 0.111. The van der Waals surface area contributed by atoms with E-state index in [0.717, 1.165) is 4.90 Å². The second-order valence-electron chi connectivity index (χ2n) is 4.75. The number of urea groups is 1. The summed E-state index contributed by atoms with van der Waals surface area (Å²) in [7, 11) is -2.20. The molecule has 1 saturated heterocycles. The van der Waals surface area contributed by atoms with Crippen LogP contribution in [0, 0.1) is 0 Å². The summed E-state index contributed by atoms with van der Waals surface area (Å²) in [4.78, 5) is 35.2. The number of nitrogens with one attached hydrogen (secondary N) is 1. The van der Waals surface area contributed by atoms with Crippen LogP contribution in [-0.4, -0.2) is 73.6 Å². The zero-order chi connectivity index (χ0) is 16.2. The number of ether oxygens (including phenoxy) is 1. The van der Waals surface area contributed by atoms with Gasteiger partial charge < -0.3 is 20.1 Å². The standard InChI is InChI=1S/C11H18N2O7S/c1-7(10(16)20-2)12-11(17)13-3-4-21(18,19)6-8(13)5-9(14)15/h7-8H,3-6H2,1-2H3,(H,12,17)(H,14,15). The Kier molecular flexibility index (Phi) is 5.53. The first-order valence-electron chi connectivity index (χ1n) is 6.23. The van der Waals surface area contributed by atoms with Crippen molar-refractivity contribution in [1.29, 1.82) is 0 Å². The fourth-order valence-corrected chi connectivity index (χ4v) is 3.55. The molecule has 0 aromatic heterocycles. The van der Waals surface area contributed by atoms with Gasteiger partial charge in [0.15, 0.2) is 9.84 Å². The van der Waals surface area contributed by atoms with E-state index in [1.165, 1.54) is 14.0 Å². The topological polar surface area (TPSA) is 130 Å². The highest BCUT2D eigenvalue weighted by molar-refractivity contribution is 7.91. The first-order valence-corrected chi connectivity index (χ1v) is 8.05. The van der Waals surface area contributed by atoms with Gasteiger partial charge in [-0.05, 0) is 6.92 Å². The Bertz CT molecular complexity index is 531. The summed E-state index contributed by atoms with van der Waals surface area (Å²) in [5.74, 6) is -2.48. The summed E-state index contributed by atoms with van der Waals surface area (Å²) in [6, 6.07) is -2.55. The predicted molar refractivity (Wildman–Crippen MR) is 71.4 cm³/mol. The quantitative estimate of drug-likeness (QED) is 0.624. The Hall–Kier alpha value is -1.84. The maximum Gasteiger partial charge on any atom is 0.328 e.